The van der Waals surface area contributed by atoms with Crippen LogP contribution in [0, 0.1) is 11.8 Å². The molecule has 2 heteroatoms. The monoisotopic (exact) mass is 287 g/mol. The van der Waals surface area contributed by atoms with Crippen molar-refractivity contribution in [3.63, 3.8) is 0 Å². The molecule has 3 rings (SSSR count). The van der Waals surface area contributed by atoms with Crippen molar-refractivity contribution in [2.75, 3.05) is 6.54 Å². The Hall–Kier alpha value is -2.76. The standard InChI is InChI=1S/C20H17NO/c21-12-4-7-16-8-9-19-14-20(11-10-18(19)13-16)22-15-17-5-2-1-3-6-17/h1-3,5-6,8-11,13-14H,12,15,21H2. The van der Waals surface area contributed by atoms with Gasteiger partial charge in [-0.25, -0.2) is 0 Å². The first kappa shape index (κ1) is 14.2. The van der Waals surface area contributed by atoms with Gasteiger partial charge in [-0.2, -0.15) is 0 Å². The van der Waals surface area contributed by atoms with Gasteiger partial charge in [0.2, 0.25) is 0 Å². The predicted octanol–water partition coefficient (Wildman–Crippen LogP) is 3.73. The lowest BCUT2D eigenvalue weighted by Crippen LogP contribution is -1.94. The molecule has 0 fully saturated rings. The molecule has 0 atom stereocenters. The van der Waals surface area contributed by atoms with Gasteiger partial charge in [-0.1, -0.05) is 54.3 Å². The Morgan fingerprint density at radius 1 is 0.864 bits per heavy atom. The van der Waals surface area contributed by atoms with Crippen LogP contribution in [0.4, 0.5) is 0 Å². The molecule has 0 spiro atoms. The van der Waals surface area contributed by atoms with E-state index in [1.54, 1.807) is 0 Å². The number of fused-ring (bicyclic) bond motifs is 1. The summed E-state index contributed by atoms with van der Waals surface area (Å²) >= 11 is 0. The maximum absolute atomic E-state index is 5.85. The van der Waals surface area contributed by atoms with Crippen LogP contribution < -0.4 is 10.5 Å². The summed E-state index contributed by atoms with van der Waals surface area (Å²) in [7, 11) is 0. The molecule has 2 nitrogen and oxygen atoms in total. The van der Waals surface area contributed by atoms with Gasteiger partial charge < -0.3 is 10.5 Å². The zero-order valence-electron chi connectivity index (χ0n) is 12.3. The van der Waals surface area contributed by atoms with Gasteiger partial charge in [0.15, 0.2) is 0 Å². The van der Waals surface area contributed by atoms with E-state index in [-0.39, 0.29) is 0 Å². The fraction of sp³-hybridized carbons (Fsp3) is 0.100. The fourth-order valence-corrected chi connectivity index (χ4v) is 2.29. The molecule has 0 amide bonds. The quantitative estimate of drug-likeness (QED) is 0.745. The SMILES string of the molecule is NCC#Cc1ccc2cc(OCc3ccccc3)ccc2c1. The van der Waals surface area contributed by atoms with Crippen LogP contribution >= 0.6 is 0 Å². The van der Waals surface area contributed by atoms with Gasteiger partial charge in [0.1, 0.15) is 12.4 Å². The molecule has 0 saturated heterocycles. The van der Waals surface area contributed by atoms with Crippen molar-refractivity contribution >= 4 is 10.8 Å². The van der Waals surface area contributed by atoms with E-state index in [2.05, 4.69) is 48.2 Å². The molecule has 0 aliphatic heterocycles. The zero-order chi connectivity index (χ0) is 15.2. The van der Waals surface area contributed by atoms with Crippen molar-refractivity contribution < 1.29 is 4.74 Å². The normalized spacial score (nSPS) is 10.0. The molecule has 0 bridgehead atoms. The van der Waals surface area contributed by atoms with Gasteiger partial charge in [0.05, 0.1) is 6.54 Å². The molecule has 0 aliphatic carbocycles. The number of benzene rings is 3. The topological polar surface area (TPSA) is 35.2 Å². The van der Waals surface area contributed by atoms with Gasteiger partial charge in [-0.3, -0.25) is 0 Å². The Balaban J connectivity index is 1.78. The molecule has 0 aliphatic rings. The van der Waals surface area contributed by atoms with Crippen molar-refractivity contribution in [3.05, 3.63) is 77.9 Å². The van der Waals surface area contributed by atoms with Gasteiger partial charge in [0, 0.05) is 5.56 Å². The lowest BCUT2D eigenvalue weighted by molar-refractivity contribution is 0.306. The number of ether oxygens (including phenoxy) is 1. The smallest absolute Gasteiger partial charge is 0.120 e. The largest absolute Gasteiger partial charge is 0.489 e. The maximum atomic E-state index is 5.85. The molecule has 2 N–H and O–H groups in total. The summed E-state index contributed by atoms with van der Waals surface area (Å²) in [4.78, 5) is 0. The zero-order valence-corrected chi connectivity index (χ0v) is 12.3. The van der Waals surface area contributed by atoms with E-state index < -0.39 is 0 Å². The molecular weight excluding hydrogens is 270 g/mol. The van der Waals surface area contributed by atoms with E-state index in [9.17, 15) is 0 Å². The predicted molar refractivity (Wildman–Crippen MR) is 90.7 cm³/mol. The van der Waals surface area contributed by atoms with Crippen LogP contribution in [0.25, 0.3) is 10.8 Å². The third-order valence-corrected chi connectivity index (χ3v) is 3.39. The van der Waals surface area contributed by atoms with Crippen LogP contribution in [0.1, 0.15) is 11.1 Å². The van der Waals surface area contributed by atoms with Gasteiger partial charge >= 0.3 is 0 Å². The van der Waals surface area contributed by atoms with E-state index in [0.717, 1.165) is 27.6 Å². The molecule has 0 saturated carbocycles. The Labute approximate surface area is 130 Å². The molecule has 3 aromatic rings. The first-order valence-corrected chi connectivity index (χ1v) is 7.24. The summed E-state index contributed by atoms with van der Waals surface area (Å²) in [5.74, 6) is 6.80. The second-order valence-corrected chi connectivity index (χ2v) is 5.00. The molecule has 22 heavy (non-hydrogen) atoms. The minimum atomic E-state index is 0.379. The highest BCUT2D eigenvalue weighted by atomic mass is 16.5. The second kappa shape index (κ2) is 6.80. The summed E-state index contributed by atoms with van der Waals surface area (Å²) in [6.45, 7) is 0.955. The average Bonchev–Trinajstić information content (AvgIpc) is 2.59. The molecular formula is C20H17NO. The number of rotatable bonds is 3. The maximum Gasteiger partial charge on any atom is 0.120 e. The molecule has 3 aromatic carbocycles. The highest BCUT2D eigenvalue weighted by molar-refractivity contribution is 5.85. The number of hydrogen-bond acceptors (Lipinski definition) is 2. The summed E-state index contributed by atoms with van der Waals surface area (Å²) in [6, 6.07) is 22.4. The summed E-state index contributed by atoms with van der Waals surface area (Å²) in [6.07, 6.45) is 0. The van der Waals surface area contributed by atoms with Crippen LogP contribution in [-0.2, 0) is 6.61 Å². The summed E-state index contributed by atoms with van der Waals surface area (Å²) in [5.41, 5.74) is 7.54. The van der Waals surface area contributed by atoms with Crippen LogP contribution in [-0.4, -0.2) is 6.54 Å². The summed E-state index contributed by atoms with van der Waals surface area (Å²) in [5, 5.41) is 2.29. The molecule has 108 valence electrons. The van der Waals surface area contributed by atoms with E-state index in [1.807, 2.05) is 30.3 Å². The first-order chi connectivity index (χ1) is 10.8. The van der Waals surface area contributed by atoms with E-state index in [1.165, 1.54) is 0 Å². The highest BCUT2D eigenvalue weighted by Gasteiger charge is 1.99. The van der Waals surface area contributed by atoms with Gasteiger partial charge in [-0.15, -0.1) is 0 Å². The van der Waals surface area contributed by atoms with Crippen LogP contribution in [0.3, 0.4) is 0 Å². The summed E-state index contributed by atoms with van der Waals surface area (Å²) < 4.78 is 5.85. The lowest BCUT2D eigenvalue weighted by atomic mass is 10.1. The van der Waals surface area contributed by atoms with Crippen LogP contribution in [0.5, 0.6) is 5.75 Å². The van der Waals surface area contributed by atoms with E-state index in [0.29, 0.717) is 13.2 Å². The van der Waals surface area contributed by atoms with E-state index in [4.69, 9.17) is 10.5 Å². The van der Waals surface area contributed by atoms with Crippen LogP contribution in [0.2, 0.25) is 0 Å². The van der Waals surface area contributed by atoms with Crippen molar-refractivity contribution in [2.45, 2.75) is 6.61 Å². The minimum absolute atomic E-state index is 0.379. The molecule has 0 radical (unpaired) electrons. The lowest BCUT2D eigenvalue weighted by Gasteiger charge is -2.07. The fourth-order valence-electron chi connectivity index (χ4n) is 2.29. The average molecular weight is 287 g/mol. The van der Waals surface area contributed by atoms with E-state index >= 15 is 0 Å². The third kappa shape index (κ3) is 3.46. The number of hydrogen-bond donors (Lipinski definition) is 1. The third-order valence-electron chi connectivity index (χ3n) is 3.39. The van der Waals surface area contributed by atoms with Gasteiger partial charge in [-0.05, 0) is 40.6 Å². The highest BCUT2D eigenvalue weighted by Crippen LogP contribution is 2.22. The van der Waals surface area contributed by atoms with Crippen LogP contribution in [0.15, 0.2) is 66.7 Å². The minimum Gasteiger partial charge on any atom is -0.489 e. The molecule has 0 heterocycles. The Morgan fingerprint density at radius 2 is 1.64 bits per heavy atom. The second-order valence-electron chi connectivity index (χ2n) is 5.00. The van der Waals surface area contributed by atoms with Crippen molar-refractivity contribution in [1.82, 2.24) is 0 Å². The Bertz CT molecular complexity index is 828. The Morgan fingerprint density at radius 3 is 2.45 bits per heavy atom. The molecule has 0 aromatic heterocycles. The Kier molecular flexibility index (Phi) is 4.38. The van der Waals surface area contributed by atoms with Gasteiger partial charge in [0.25, 0.3) is 0 Å². The van der Waals surface area contributed by atoms with Crippen molar-refractivity contribution in [2.24, 2.45) is 5.73 Å². The number of nitrogens with two attached hydrogens (primary N) is 1. The first-order valence-electron chi connectivity index (χ1n) is 7.24. The van der Waals surface area contributed by atoms with Crippen molar-refractivity contribution in [1.29, 1.82) is 0 Å². The van der Waals surface area contributed by atoms with Crippen molar-refractivity contribution in [3.8, 4) is 17.6 Å². The molecule has 0 unspecified atom stereocenters.